The van der Waals surface area contributed by atoms with Crippen LogP contribution in [0.15, 0.2) is 18.2 Å². The van der Waals surface area contributed by atoms with Gasteiger partial charge in [-0.3, -0.25) is 4.79 Å². The van der Waals surface area contributed by atoms with Crippen molar-refractivity contribution in [3.63, 3.8) is 0 Å². The number of methoxy groups -OCH3 is 1. The molecule has 0 aliphatic carbocycles. The molecule has 1 aromatic carbocycles. The van der Waals surface area contributed by atoms with E-state index in [0.717, 1.165) is 5.56 Å². The van der Waals surface area contributed by atoms with Gasteiger partial charge in [0.1, 0.15) is 5.75 Å². The lowest BCUT2D eigenvalue weighted by atomic mass is 10.0. The van der Waals surface area contributed by atoms with Crippen LogP contribution in [0.25, 0.3) is 0 Å². The van der Waals surface area contributed by atoms with E-state index >= 15 is 0 Å². The Kier molecular flexibility index (Phi) is 5.84. The van der Waals surface area contributed by atoms with E-state index in [9.17, 15) is 13.2 Å². The van der Waals surface area contributed by atoms with Crippen molar-refractivity contribution in [3.05, 3.63) is 29.3 Å². The third kappa shape index (κ3) is 4.06. The molecule has 8 heteroatoms. The highest BCUT2D eigenvalue weighted by molar-refractivity contribution is 7.89. The summed E-state index contributed by atoms with van der Waals surface area (Å²) in [6.45, 7) is 2.43. The van der Waals surface area contributed by atoms with Gasteiger partial charge in [0.15, 0.2) is 0 Å². The number of nitrogens with one attached hydrogen (secondary N) is 1. The largest absolute Gasteiger partial charge is 0.496 e. The molecule has 0 aromatic heterocycles. The summed E-state index contributed by atoms with van der Waals surface area (Å²) in [6.07, 6.45) is 0. The molecule has 1 fully saturated rings. The van der Waals surface area contributed by atoms with Crippen LogP contribution in [0.1, 0.15) is 15.9 Å². The molecule has 1 heterocycles. The first-order chi connectivity index (χ1) is 11.3. The second-order valence-electron chi connectivity index (χ2n) is 6.07. The normalized spacial score (nSPS) is 21.0. The van der Waals surface area contributed by atoms with Crippen molar-refractivity contribution in [3.8, 4) is 5.75 Å². The van der Waals surface area contributed by atoms with E-state index in [1.165, 1.54) is 18.4 Å². The van der Waals surface area contributed by atoms with Crippen molar-refractivity contribution in [2.75, 3.05) is 40.2 Å². The second-order valence-corrected chi connectivity index (χ2v) is 8.30. The van der Waals surface area contributed by atoms with Crippen molar-refractivity contribution in [1.29, 1.82) is 0 Å². The zero-order chi connectivity index (χ0) is 17.9. The summed E-state index contributed by atoms with van der Waals surface area (Å²) in [5.41, 5.74) is 1.25. The van der Waals surface area contributed by atoms with Crippen LogP contribution in [0, 0.1) is 12.8 Å². The Balaban J connectivity index is 2.11. The van der Waals surface area contributed by atoms with Crippen LogP contribution in [0.5, 0.6) is 5.75 Å². The average Bonchev–Trinajstić information content (AvgIpc) is 2.93. The Morgan fingerprint density at radius 2 is 2.08 bits per heavy atom. The first-order valence-electron chi connectivity index (χ1n) is 7.68. The van der Waals surface area contributed by atoms with Crippen molar-refractivity contribution in [2.24, 2.45) is 5.92 Å². The van der Waals surface area contributed by atoms with E-state index in [4.69, 9.17) is 9.47 Å². The van der Waals surface area contributed by atoms with Crippen molar-refractivity contribution in [1.82, 2.24) is 9.62 Å². The molecule has 0 bridgehead atoms. The number of ether oxygens (including phenoxy) is 2. The monoisotopic (exact) mass is 356 g/mol. The summed E-state index contributed by atoms with van der Waals surface area (Å²) in [4.78, 5) is 12.6. The summed E-state index contributed by atoms with van der Waals surface area (Å²) in [5, 5.41) is 2.90. The van der Waals surface area contributed by atoms with Crippen LogP contribution in [0.2, 0.25) is 0 Å². The molecule has 0 unspecified atom stereocenters. The smallest absolute Gasteiger partial charge is 0.251 e. The minimum atomic E-state index is -3.35. The van der Waals surface area contributed by atoms with Crippen molar-refractivity contribution < 1.29 is 22.7 Å². The van der Waals surface area contributed by atoms with Crippen LogP contribution in [-0.4, -0.2) is 64.8 Å². The van der Waals surface area contributed by atoms with Gasteiger partial charge < -0.3 is 14.8 Å². The number of amides is 1. The molecule has 1 saturated heterocycles. The van der Waals surface area contributed by atoms with Crippen LogP contribution in [0.4, 0.5) is 0 Å². The van der Waals surface area contributed by atoms with Gasteiger partial charge in [0.25, 0.3) is 5.91 Å². The van der Waals surface area contributed by atoms with Crippen LogP contribution >= 0.6 is 0 Å². The molecule has 0 radical (unpaired) electrons. The standard InChI is InChI=1S/C16H24N2O5S/c1-11-13(6-5-7-15(11)22-4)16(19)17-14-9-23-8-12(14)10-24(20,21)18(2)3/h5-7,12,14H,8-10H2,1-4H3,(H,17,19)/t12-,14+/m0/s1. The number of sulfonamides is 1. The zero-order valence-corrected chi connectivity index (χ0v) is 15.2. The first-order valence-corrected chi connectivity index (χ1v) is 9.29. The molecule has 2 atom stereocenters. The number of carbonyl (C=O) groups is 1. The molecule has 0 spiro atoms. The number of hydrogen-bond acceptors (Lipinski definition) is 5. The van der Waals surface area contributed by atoms with Gasteiger partial charge >= 0.3 is 0 Å². The maximum Gasteiger partial charge on any atom is 0.251 e. The first kappa shape index (κ1) is 18.7. The van der Waals surface area contributed by atoms with E-state index in [1.54, 1.807) is 25.3 Å². The molecule has 134 valence electrons. The third-order valence-electron chi connectivity index (χ3n) is 4.24. The molecule has 7 nitrogen and oxygen atoms in total. The maximum atomic E-state index is 12.6. The van der Waals surface area contributed by atoms with Gasteiger partial charge in [0.05, 0.1) is 32.1 Å². The fraction of sp³-hybridized carbons (Fsp3) is 0.562. The highest BCUT2D eigenvalue weighted by Gasteiger charge is 2.34. The van der Waals surface area contributed by atoms with E-state index < -0.39 is 10.0 Å². The second kappa shape index (κ2) is 7.50. The quantitative estimate of drug-likeness (QED) is 0.809. The molecular formula is C16H24N2O5S. The van der Waals surface area contributed by atoms with Crippen molar-refractivity contribution >= 4 is 15.9 Å². The molecular weight excluding hydrogens is 332 g/mol. The van der Waals surface area contributed by atoms with E-state index in [0.29, 0.717) is 24.5 Å². The van der Waals surface area contributed by atoms with E-state index in [-0.39, 0.29) is 23.6 Å². The average molecular weight is 356 g/mol. The van der Waals surface area contributed by atoms with E-state index in [2.05, 4.69) is 5.32 Å². The lowest BCUT2D eigenvalue weighted by molar-refractivity contribution is 0.0925. The molecule has 1 amide bonds. The van der Waals surface area contributed by atoms with Gasteiger partial charge in [0, 0.05) is 31.1 Å². The minimum absolute atomic E-state index is 0.0535. The molecule has 1 N–H and O–H groups in total. The number of carbonyl (C=O) groups excluding carboxylic acids is 1. The minimum Gasteiger partial charge on any atom is -0.496 e. The fourth-order valence-corrected chi connectivity index (χ4v) is 3.84. The van der Waals surface area contributed by atoms with Gasteiger partial charge in [-0.2, -0.15) is 0 Å². The number of hydrogen-bond donors (Lipinski definition) is 1. The van der Waals surface area contributed by atoms with Crippen LogP contribution in [-0.2, 0) is 14.8 Å². The Bertz CT molecular complexity index is 702. The summed E-state index contributed by atoms with van der Waals surface area (Å²) < 4.78 is 35.9. The van der Waals surface area contributed by atoms with Crippen LogP contribution in [0.3, 0.4) is 0 Å². The van der Waals surface area contributed by atoms with Gasteiger partial charge in [-0.05, 0) is 19.1 Å². The van der Waals surface area contributed by atoms with Crippen molar-refractivity contribution in [2.45, 2.75) is 13.0 Å². The summed E-state index contributed by atoms with van der Waals surface area (Å²) in [5.74, 6) is 0.0562. The van der Waals surface area contributed by atoms with Gasteiger partial charge in [0.2, 0.25) is 10.0 Å². The Hall–Kier alpha value is -1.64. The topological polar surface area (TPSA) is 84.9 Å². The highest BCUT2D eigenvalue weighted by atomic mass is 32.2. The zero-order valence-electron chi connectivity index (χ0n) is 14.4. The summed E-state index contributed by atoms with van der Waals surface area (Å²) in [6, 6.07) is 4.92. The lowest BCUT2D eigenvalue weighted by Gasteiger charge is -2.21. The summed E-state index contributed by atoms with van der Waals surface area (Å²) >= 11 is 0. The Labute approximate surface area is 143 Å². The predicted octanol–water partition coefficient (Wildman–Crippen LogP) is 0.640. The molecule has 1 aromatic rings. The predicted molar refractivity (Wildman–Crippen MR) is 90.8 cm³/mol. The molecule has 0 saturated carbocycles. The number of benzene rings is 1. The number of nitrogens with zero attached hydrogens (tertiary/aromatic N) is 1. The van der Waals surface area contributed by atoms with Gasteiger partial charge in [-0.25, -0.2) is 12.7 Å². The molecule has 1 aliphatic heterocycles. The van der Waals surface area contributed by atoms with Gasteiger partial charge in [-0.1, -0.05) is 6.07 Å². The number of rotatable bonds is 6. The lowest BCUT2D eigenvalue weighted by Crippen LogP contribution is -2.43. The molecule has 2 rings (SSSR count). The Morgan fingerprint density at radius 1 is 1.38 bits per heavy atom. The highest BCUT2D eigenvalue weighted by Crippen LogP contribution is 2.22. The summed E-state index contributed by atoms with van der Waals surface area (Å²) in [7, 11) is 1.20. The maximum absolute atomic E-state index is 12.6. The van der Waals surface area contributed by atoms with Crippen LogP contribution < -0.4 is 10.1 Å². The Morgan fingerprint density at radius 3 is 2.71 bits per heavy atom. The SMILES string of the molecule is COc1cccc(C(=O)N[C@@H]2COC[C@H]2CS(=O)(=O)N(C)C)c1C. The fourth-order valence-electron chi connectivity index (χ4n) is 2.67. The van der Waals surface area contributed by atoms with Gasteiger partial charge in [-0.15, -0.1) is 0 Å². The molecule has 1 aliphatic rings. The molecule has 24 heavy (non-hydrogen) atoms. The van der Waals surface area contributed by atoms with E-state index in [1.807, 2.05) is 6.92 Å². The third-order valence-corrected chi connectivity index (χ3v) is 6.21.